The van der Waals surface area contributed by atoms with Gasteiger partial charge in [0.15, 0.2) is 5.78 Å². The van der Waals surface area contributed by atoms with Crippen LogP contribution in [-0.2, 0) is 12.8 Å². The van der Waals surface area contributed by atoms with Crippen LogP contribution in [0.1, 0.15) is 41.8 Å². The Morgan fingerprint density at radius 3 is 2.84 bits per heavy atom. The number of carbonyl (C=O) groups is 1. The number of fused-ring (bicyclic) bond motifs is 2. The third-order valence-corrected chi connectivity index (χ3v) is 6.04. The predicted molar refractivity (Wildman–Crippen MR) is 126 cm³/mol. The number of aliphatic imine (C=N–C) groups is 1. The molecule has 0 saturated carbocycles. The molecular formula is C26H26N4O2. The van der Waals surface area contributed by atoms with E-state index in [0.29, 0.717) is 18.9 Å². The van der Waals surface area contributed by atoms with Crippen LogP contribution in [0.25, 0.3) is 11.3 Å². The van der Waals surface area contributed by atoms with E-state index < -0.39 is 0 Å². The summed E-state index contributed by atoms with van der Waals surface area (Å²) in [6.07, 6.45) is 3.87. The number of anilines is 1. The molecule has 0 bridgehead atoms. The molecule has 2 N–H and O–H groups in total. The van der Waals surface area contributed by atoms with Gasteiger partial charge in [-0.05, 0) is 53.8 Å². The summed E-state index contributed by atoms with van der Waals surface area (Å²) in [6.45, 7) is 4.74. The summed E-state index contributed by atoms with van der Waals surface area (Å²) in [4.78, 5) is 25.7. The number of nitrogens with zero attached hydrogens (tertiary/aromatic N) is 3. The van der Waals surface area contributed by atoms with Crippen LogP contribution in [0.5, 0.6) is 5.75 Å². The van der Waals surface area contributed by atoms with Crippen molar-refractivity contribution in [1.82, 2.24) is 9.97 Å². The van der Waals surface area contributed by atoms with Gasteiger partial charge in [0.1, 0.15) is 5.75 Å². The van der Waals surface area contributed by atoms with Gasteiger partial charge in [-0.25, -0.2) is 9.97 Å². The monoisotopic (exact) mass is 426 g/mol. The van der Waals surface area contributed by atoms with Gasteiger partial charge in [0.25, 0.3) is 0 Å². The lowest BCUT2D eigenvalue weighted by Gasteiger charge is -2.26. The van der Waals surface area contributed by atoms with Crippen molar-refractivity contribution in [3.8, 4) is 17.0 Å². The fraction of sp³-hybridized carbons (Fsp3) is 0.308. The second kappa shape index (κ2) is 8.19. The van der Waals surface area contributed by atoms with Crippen LogP contribution in [0.15, 0.2) is 53.7 Å². The standard InChI is InChI=1S/C26H26N4O2/c1-15(2)9-24(31)18-5-6-25-19(10-18)11-20(14-32-25)23-13-17-4-3-16(12-22(17)29-23)21-7-8-28-26(27)30-21/h3-8,10,12,15,20H,9,11,13-14H2,1-2H3,(H2,27,28,30). The van der Waals surface area contributed by atoms with Crippen LogP contribution >= 0.6 is 0 Å². The van der Waals surface area contributed by atoms with Gasteiger partial charge in [-0.2, -0.15) is 0 Å². The second-order valence-corrected chi connectivity index (χ2v) is 8.98. The topological polar surface area (TPSA) is 90.5 Å². The van der Waals surface area contributed by atoms with Crippen LogP contribution in [0, 0.1) is 11.8 Å². The van der Waals surface area contributed by atoms with E-state index in [4.69, 9.17) is 15.5 Å². The molecule has 2 aliphatic heterocycles. The van der Waals surface area contributed by atoms with Crippen molar-refractivity contribution in [2.75, 3.05) is 12.3 Å². The van der Waals surface area contributed by atoms with Crippen LogP contribution in [0.2, 0.25) is 0 Å². The van der Waals surface area contributed by atoms with Crippen LogP contribution in [-0.4, -0.2) is 28.1 Å². The van der Waals surface area contributed by atoms with E-state index in [1.165, 1.54) is 5.56 Å². The molecule has 0 radical (unpaired) electrons. The Morgan fingerprint density at radius 1 is 1.16 bits per heavy atom. The first kappa shape index (κ1) is 20.4. The molecule has 2 aliphatic rings. The van der Waals surface area contributed by atoms with Gasteiger partial charge in [0.05, 0.1) is 18.0 Å². The minimum atomic E-state index is 0.188. The average molecular weight is 427 g/mol. The van der Waals surface area contributed by atoms with Gasteiger partial charge in [-0.1, -0.05) is 26.0 Å². The zero-order valence-electron chi connectivity index (χ0n) is 18.3. The molecule has 5 rings (SSSR count). The highest BCUT2D eigenvalue weighted by atomic mass is 16.5. The molecular weight excluding hydrogens is 400 g/mol. The van der Waals surface area contributed by atoms with E-state index in [-0.39, 0.29) is 17.6 Å². The van der Waals surface area contributed by atoms with E-state index in [1.807, 2.05) is 24.3 Å². The normalized spacial score (nSPS) is 16.8. The molecule has 1 unspecified atom stereocenters. The fourth-order valence-corrected chi connectivity index (χ4v) is 4.41. The molecule has 3 aromatic rings. The van der Waals surface area contributed by atoms with E-state index in [0.717, 1.165) is 52.4 Å². The summed E-state index contributed by atoms with van der Waals surface area (Å²) in [6, 6.07) is 13.9. The number of Topliss-reactive ketones (excluding diaryl/α,β-unsaturated/α-hetero) is 1. The molecule has 32 heavy (non-hydrogen) atoms. The summed E-state index contributed by atoms with van der Waals surface area (Å²) in [7, 11) is 0. The number of hydrogen-bond acceptors (Lipinski definition) is 6. The molecule has 3 heterocycles. The lowest BCUT2D eigenvalue weighted by atomic mass is 9.89. The quantitative estimate of drug-likeness (QED) is 0.590. The van der Waals surface area contributed by atoms with Gasteiger partial charge in [-0.15, -0.1) is 0 Å². The fourth-order valence-electron chi connectivity index (χ4n) is 4.41. The zero-order chi connectivity index (χ0) is 22.2. The maximum absolute atomic E-state index is 12.5. The Morgan fingerprint density at radius 2 is 2.03 bits per heavy atom. The molecule has 0 aliphatic carbocycles. The van der Waals surface area contributed by atoms with Crippen molar-refractivity contribution in [2.45, 2.75) is 33.1 Å². The minimum Gasteiger partial charge on any atom is -0.493 e. The van der Waals surface area contributed by atoms with Crippen molar-refractivity contribution in [1.29, 1.82) is 0 Å². The number of aromatic nitrogens is 2. The first-order chi connectivity index (χ1) is 15.5. The first-order valence-electron chi connectivity index (χ1n) is 11.0. The number of benzene rings is 2. The Hall–Kier alpha value is -3.54. The highest BCUT2D eigenvalue weighted by molar-refractivity contribution is 5.98. The minimum absolute atomic E-state index is 0.188. The molecule has 6 nitrogen and oxygen atoms in total. The maximum Gasteiger partial charge on any atom is 0.220 e. The summed E-state index contributed by atoms with van der Waals surface area (Å²) in [5.74, 6) is 1.87. The smallest absolute Gasteiger partial charge is 0.220 e. The number of ether oxygens (including phenoxy) is 1. The number of rotatable bonds is 5. The predicted octanol–water partition coefficient (Wildman–Crippen LogP) is 4.83. The van der Waals surface area contributed by atoms with E-state index >= 15 is 0 Å². The van der Waals surface area contributed by atoms with Gasteiger partial charge in [0, 0.05) is 41.8 Å². The summed E-state index contributed by atoms with van der Waals surface area (Å²) in [5, 5.41) is 0. The molecule has 0 amide bonds. The second-order valence-electron chi connectivity index (χ2n) is 8.98. The van der Waals surface area contributed by atoms with E-state index in [1.54, 1.807) is 6.20 Å². The van der Waals surface area contributed by atoms with Crippen LogP contribution in [0.3, 0.4) is 0 Å². The maximum atomic E-state index is 12.5. The third-order valence-electron chi connectivity index (χ3n) is 6.04. The Bertz CT molecular complexity index is 1230. The highest BCUT2D eigenvalue weighted by Crippen LogP contribution is 2.36. The van der Waals surface area contributed by atoms with Crippen molar-refractivity contribution in [3.05, 3.63) is 65.4 Å². The Kier molecular flexibility index (Phi) is 5.21. The number of ketones is 1. The van der Waals surface area contributed by atoms with E-state index in [9.17, 15) is 4.79 Å². The number of nitrogens with two attached hydrogens (primary N) is 1. The van der Waals surface area contributed by atoms with Gasteiger partial charge in [-0.3, -0.25) is 9.79 Å². The molecule has 2 aromatic carbocycles. The molecule has 1 aromatic heterocycles. The zero-order valence-corrected chi connectivity index (χ0v) is 18.3. The summed E-state index contributed by atoms with van der Waals surface area (Å²) >= 11 is 0. The lowest BCUT2D eigenvalue weighted by Crippen LogP contribution is -2.28. The molecule has 0 saturated heterocycles. The molecule has 0 spiro atoms. The van der Waals surface area contributed by atoms with Crippen molar-refractivity contribution < 1.29 is 9.53 Å². The molecule has 6 heteroatoms. The van der Waals surface area contributed by atoms with Crippen molar-refractivity contribution >= 4 is 23.1 Å². The van der Waals surface area contributed by atoms with Gasteiger partial charge in [0.2, 0.25) is 5.95 Å². The number of hydrogen-bond donors (Lipinski definition) is 1. The molecule has 0 fully saturated rings. The SMILES string of the molecule is CC(C)CC(=O)c1ccc2c(c1)CC(C1=Nc3cc(-c4ccnc(N)n4)ccc3C1)CO2. The largest absolute Gasteiger partial charge is 0.493 e. The molecule has 162 valence electrons. The van der Waals surface area contributed by atoms with Gasteiger partial charge < -0.3 is 10.5 Å². The van der Waals surface area contributed by atoms with Crippen LogP contribution < -0.4 is 10.5 Å². The molecule has 1 atom stereocenters. The average Bonchev–Trinajstić information content (AvgIpc) is 3.21. The lowest BCUT2D eigenvalue weighted by molar-refractivity contribution is 0.0967. The van der Waals surface area contributed by atoms with Gasteiger partial charge >= 0.3 is 0 Å². The Balaban J connectivity index is 1.37. The highest BCUT2D eigenvalue weighted by Gasteiger charge is 2.28. The first-order valence-corrected chi connectivity index (χ1v) is 11.0. The van der Waals surface area contributed by atoms with Crippen molar-refractivity contribution in [3.63, 3.8) is 0 Å². The summed E-state index contributed by atoms with van der Waals surface area (Å²) < 4.78 is 6.05. The number of nitrogen functional groups attached to an aromatic ring is 1. The summed E-state index contributed by atoms with van der Waals surface area (Å²) in [5.41, 5.74) is 12.7. The third kappa shape index (κ3) is 4.00. The van der Waals surface area contributed by atoms with Crippen molar-refractivity contribution in [2.24, 2.45) is 16.8 Å². The van der Waals surface area contributed by atoms with Crippen LogP contribution in [0.4, 0.5) is 11.6 Å². The number of carbonyl (C=O) groups excluding carboxylic acids is 1. The Labute approximate surface area is 187 Å². The van der Waals surface area contributed by atoms with E-state index in [2.05, 4.69) is 42.0 Å².